The van der Waals surface area contributed by atoms with Gasteiger partial charge in [0.15, 0.2) is 0 Å². The first-order valence-electron chi connectivity index (χ1n) is 11.4. The van der Waals surface area contributed by atoms with Gasteiger partial charge in [-0.15, -0.1) is 4.40 Å². The lowest BCUT2D eigenvalue weighted by Crippen LogP contribution is -2.48. The Morgan fingerprint density at radius 1 is 1.12 bits per heavy atom. The molecular weight excluding hydrogens is 458 g/mol. The topological polar surface area (TPSA) is 77.4 Å². The fourth-order valence-electron chi connectivity index (χ4n) is 4.09. The Hall–Kier alpha value is -2.42. The van der Waals surface area contributed by atoms with Crippen LogP contribution in [0.3, 0.4) is 0 Å². The van der Waals surface area contributed by atoms with Crippen LogP contribution in [0, 0.1) is 5.92 Å². The summed E-state index contributed by atoms with van der Waals surface area (Å²) in [6.45, 7) is 5.47. The van der Waals surface area contributed by atoms with Crippen LogP contribution in [0.2, 0.25) is 5.02 Å². The number of piperidine rings is 1. The highest BCUT2D eigenvalue weighted by molar-refractivity contribution is 7.90. The number of benzene rings is 2. The van der Waals surface area contributed by atoms with Crippen LogP contribution in [0.1, 0.15) is 31.7 Å². The zero-order valence-corrected chi connectivity index (χ0v) is 20.3. The quantitative estimate of drug-likeness (QED) is 0.493. The van der Waals surface area contributed by atoms with E-state index in [1.807, 2.05) is 12.3 Å². The summed E-state index contributed by atoms with van der Waals surface area (Å²) in [5.41, 5.74) is 1.30. The van der Waals surface area contributed by atoms with Gasteiger partial charge in [-0.25, -0.2) is 5.01 Å². The van der Waals surface area contributed by atoms with E-state index in [1.54, 1.807) is 23.2 Å². The normalized spacial score (nSPS) is 20.4. The second kappa shape index (κ2) is 10.7. The monoisotopic (exact) mass is 487 g/mol. The molecule has 176 valence electrons. The highest BCUT2D eigenvalue weighted by Gasteiger charge is 2.28. The van der Waals surface area contributed by atoms with Gasteiger partial charge in [-0.2, -0.15) is 13.5 Å². The summed E-state index contributed by atoms with van der Waals surface area (Å²) in [4.78, 5) is 2.42. The van der Waals surface area contributed by atoms with Crippen molar-refractivity contribution in [3.05, 3.63) is 65.2 Å². The van der Waals surface area contributed by atoms with Gasteiger partial charge in [-0.05, 0) is 37.0 Å². The van der Waals surface area contributed by atoms with Crippen LogP contribution in [-0.2, 0) is 16.6 Å². The Labute approximate surface area is 201 Å². The second-order valence-corrected chi connectivity index (χ2v) is 10.5. The molecule has 1 N–H and O–H groups in total. The summed E-state index contributed by atoms with van der Waals surface area (Å²) in [7, 11) is -3.99. The highest BCUT2D eigenvalue weighted by Crippen LogP contribution is 2.24. The lowest BCUT2D eigenvalue weighted by atomic mass is 10.0. The van der Waals surface area contributed by atoms with Gasteiger partial charge in [-0.1, -0.05) is 61.0 Å². The number of nitrogens with one attached hydrogen (secondary N) is 1. The first-order valence-corrected chi connectivity index (χ1v) is 13.2. The predicted octanol–water partition coefficient (Wildman–Crippen LogP) is 3.97. The van der Waals surface area contributed by atoms with Crippen molar-refractivity contribution in [3.63, 3.8) is 0 Å². The van der Waals surface area contributed by atoms with E-state index < -0.39 is 10.0 Å². The number of guanidine groups is 1. The smallest absolute Gasteiger partial charge is 0.287 e. The summed E-state index contributed by atoms with van der Waals surface area (Å²) in [6.07, 6.45) is 4.59. The third-order valence-corrected chi connectivity index (χ3v) is 7.85. The molecule has 4 rings (SSSR count). The molecule has 0 saturated carbocycles. The zero-order valence-electron chi connectivity index (χ0n) is 18.8. The maximum absolute atomic E-state index is 13.1. The van der Waals surface area contributed by atoms with Gasteiger partial charge in [-0.3, -0.25) is 4.90 Å². The summed E-state index contributed by atoms with van der Waals surface area (Å²) >= 11 is 6.15. The molecule has 1 saturated heterocycles. The molecule has 2 aliphatic rings. The van der Waals surface area contributed by atoms with Crippen LogP contribution in [0.25, 0.3) is 0 Å². The van der Waals surface area contributed by atoms with Crippen molar-refractivity contribution in [1.29, 1.82) is 0 Å². The van der Waals surface area contributed by atoms with Crippen LogP contribution < -0.4 is 5.32 Å². The van der Waals surface area contributed by atoms with Gasteiger partial charge in [0.1, 0.15) is 4.90 Å². The molecule has 0 bridgehead atoms. The number of hydrazone groups is 1. The van der Waals surface area contributed by atoms with Crippen molar-refractivity contribution in [2.24, 2.45) is 15.4 Å². The molecule has 2 aliphatic heterocycles. The molecule has 7 nitrogen and oxygen atoms in total. The van der Waals surface area contributed by atoms with Crippen molar-refractivity contribution < 1.29 is 8.42 Å². The van der Waals surface area contributed by atoms with Crippen molar-refractivity contribution in [1.82, 2.24) is 15.2 Å². The largest absolute Gasteiger partial charge is 0.351 e. The zero-order chi connectivity index (χ0) is 23.3. The molecule has 0 aliphatic carbocycles. The molecule has 0 amide bonds. The Morgan fingerprint density at radius 3 is 2.48 bits per heavy atom. The summed E-state index contributed by atoms with van der Waals surface area (Å²) in [5, 5.41) is 9.64. The lowest BCUT2D eigenvalue weighted by Gasteiger charge is -2.34. The van der Waals surface area contributed by atoms with E-state index in [1.165, 1.54) is 11.6 Å². The second-order valence-electron chi connectivity index (χ2n) is 8.52. The van der Waals surface area contributed by atoms with E-state index in [9.17, 15) is 8.42 Å². The molecule has 0 radical (unpaired) electrons. The van der Waals surface area contributed by atoms with Gasteiger partial charge >= 0.3 is 0 Å². The third-order valence-electron chi connectivity index (χ3n) is 6.08. The molecule has 2 heterocycles. The van der Waals surface area contributed by atoms with Crippen LogP contribution >= 0.6 is 11.6 Å². The van der Waals surface area contributed by atoms with Gasteiger partial charge in [0.25, 0.3) is 10.0 Å². The van der Waals surface area contributed by atoms with Crippen LogP contribution in [0.5, 0.6) is 0 Å². The predicted molar refractivity (Wildman–Crippen MR) is 133 cm³/mol. The van der Waals surface area contributed by atoms with E-state index in [0.717, 1.165) is 38.9 Å². The minimum Gasteiger partial charge on any atom is -0.351 e. The number of sulfonamides is 1. The third kappa shape index (κ3) is 6.13. The van der Waals surface area contributed by atoms with Crippen molar-refractivity contribution in [2.75, 3.05) is 19.6 Å². The number of hydrogen-bond donors (Lipinski definition) is 1. The van der Waals surface area contributed by atoms with Crippen LogP contribution in [0.4, 0.5) is 0 Å². The van der Waals surface area contributed by atoms with Gasteiger partial charge in [0, 0.05) is 37.8 Å². The highest BCUT2D eigenvalue weighted by atomic mass is 35.5. The molecule has 2 aromatic rings. The fraction of sp³-hybridized carbons (Fsp3) is 0.417. The lowest BCUT2D eigenvalue weighted by molar-refractivity contribution is 0.197. The van der Waals surface area contributed by atoms with Gasteiger partial charge < -0.3 is 5.32 Å². The molecule has 1 fully saturated rings. The number of nitrogens with zero attached hydrogens (tertiary/aromatic N) is 4. The van der Waals surface area contributed by atoms with Crippen LogP contribution in [-0.4, -0.2) is 56.2 Å². The van der Waals surface area contributed by atoms with Crippen molar-refractivity contribution in [3.8, 4) is 0 Å². The molecular formula is C24H30ClN5O2S. The standard InChI is InChI=1S/C24H30ClN5O2S/c1-2-19-16-26-30(18-19)24(28-33(31,32)23-11-7-6-10-22(23)25)27-21-12-14-29(15-13-21)17-20-8-4-3-5-9-20/h3-11,16,19,21H,2,12-15,17-18H2,1H3,(H,27,28). The minimum absolute atomic E-state index is 0.00105. The van der Waals surface area contributed by atoms with Crippen molar-refractivity contribution in [2.45, 2.75) is 43.7 Å². The molecule has 1 unspecified atom stereocenters. The van der Waals surface area contributed by atoms with E-state index in [2.05, 4.69) is 50.9 Å². The average Bonchev–Trinajstić information content (AvgIpc) is 3.30. The van der Waals surface area contributed by atoms with E-state index in [-0.39, 0.29) is 27.8 Å². The van der Waals surface area contributed by atoms with Gasteiger partial charge in [0.2, 0.25) is 5.96 Å². The Morgan fingerprint density at radius 2 is 1.82 bits per heavy atom. The van der Waals surface area contributed by atoms with E-state index >= 15 is 0 Å². The Bertz CT molecular complexity index is 1100. The first-order chi connectivity index (χ1) is 15.9. The molecule has 1 atom stereocenters. The average molecular weight is 488 g/mol. The van der Waals surface area contributed by atoms with Crippen LogP contribution in [0.15, 0.2) is 69.0 Å². The Kier molecular flexibility index (Phi) is 7.67. The first kappa shape index (κ1) is 23.7. The Balaban J connectivity index is 1.48. The maximum atomic E-state index is 13.1. The maximum Gasteiger partial charge on any atom is 0.287 e. The number of rotatable bonds is 6. The number of likely N-dealkylation sites (tertiary alicyclic amines) is 1. The molecule has 2 aromatic carbocycles. The number of halogens is 1. The van der Waals surface area contributed by atoms with Gasteiger partial charge in [0.05, 0.1) is 11.6 Å². The van der Waals surface area contributed by atoms with E-state index in [0.29, 0.717) is 6.54 Å². The fourth-order valence-corrected chi connectivity index (χ4v) is 5.56. The molecule has 9 heteroatoms. The summed E-state index contributed by atoms with van der Waals surface area (Å²) < 4.78 is 30.3. The SMILES string of the molecule is CCC1C=NN(/C(=N/S(=O)(=O)c2ccccc2Cl)NC2CCN(Cc3ccccc3)CC2)C1. The number of hydrogen-bond acceptors (Lipinski definition) is 4. The minimum atomic E-state index is -3.99. The summed E-state index contributed by atoms with van der Waals surface area (Å²) in [5.74, 6) is 0.538. The van der Waals surface area contributed by atoms with E-state index in [4.69, 9.17) is 11.6 Å². The summed E-state index contributed by atoms with van der Waals surface area (Å²) in [6, 6.07) is 16.9. The molecule has 33 heavy (non-hydrogen) atoms. The molecule has 0 spiro atoms. The van der Waals surface area contributed by atoms with Crippen molar-refractivity contribution >= 4 is 33.8 Å². The molecule has 0 aromatic heterocycles.